The molecule has 1 atom stereocenters. The van der Waals surface area contributed by atoms with Crippen LogP contribution in [-0.4, -0.2) is 24.7 Å². The minimum absolute atomic E-state index is 0.0854. The first-order valence-corrected chi connectivity index (χ1v) is 7.64. The summed E-state index contributed by atoms with van der Waals surface area (Å²) < 4.78 is 10.5. The van der Waals surface area contributed by atoms with E-state index in [-0.39, 0.29) is 12.5 Å². The third-order valence-electron chi connectivity index (χ3n) is 3.73. The molecule has 0 aliphatic rings. The number of ether oxygens (including phenoxy) is 1. The Kier molecular flexibility index (Phi) is 5.82. The molecule has 5 heteroatoms. The molecule has 0 radical (unpaired) electrons. The van der Waals surface area contributed by atoms with Crippen LogP contribution < -0.4 is 10.1 Å². The lowest BCUT2D eigenvalue weighted by Crippen LogP contribution is -2.28. The standard InChI is InChI=1S/C18H23NO4/c1-12-10-16(13(2)23-12)17(20)11-19-18(21)9-6-14-4-7-15(22-3)8-5-14/h4-5,7-8,10,17,20H,6,9,11H2,1-3H3,(H,19,21). The number of methoxy groups -OCH3 is 1. The Bertz CT molecular complexity index is 646. The predicted molar refractivity (Wildman–Crippen MR) is 87.5 cm³/mol. The van der Waals surface area contributed by atoms with E-state index in [1.54, 1.807) is 20.1 Å². The molecule has 2 rings (SSSR count). The van der Waals surface area contributed by atoms with Crippen molar-refractivity contribution in [2.24, 2.45) is 0 Å². The smallest absolute Gasteiger partial charge is 0.220 e. The quantitative estimate of drug-likeness (QED) is 0.823. The van der Waals surface area contributed by atoms with Crippen LogP contribution in [0, 0.1) is 13.8 Å². The fraction of sp³-hybridized carbons (Fsp3) is 0.389. The van der Waals surface area contributed by atoms with Gasteiger partial charge in [-0.05, 0) is 44.0 Å². The molecule has 0 aliphatic heterocycles. The van der Waals surface area contributed by atoms with Gasteiger partial charge in [0.05, 0.1) is 13.2 Å². The van der Waals surface area contributed by atoms with Gasteiger partial charge in [0.15, 0.2) is 0 Å². The van der Waals surface area contributed by atoms with Crippen LogP contribution in [0.25, 0.3) is 0 Å². The van der Waals surface area contributed by atoms with Gasteiger partial charge in [-0.25, -0.2) is 0 Å². The highest BCUT2D eigenvalue weighted by atomic mass is 16.5. The van der Waals surface area contributed by atoms with Crippen LogP contribution in [0.1, 0.15) is 35.2 Å². The first-order chi connectivity index (χ1) is 11.0. The molecule has 2 N–H and O–H groups in total. The number of aliphatic hydroxyl groups is 1. The summed E-state index contributed by atoms with van der Waals surface area (Å²) in [4.78, 5) is 11.9. The van der Waals surface area contributed by atoms with Crippen molar-refractivity contribution >= 4 is 5.91 Å². The minimum Gasteiger partial charge on any atom is -0.497 e. The number of furan rings is 1. The number of hydrogen-bond donors (Lipinski definition) is 2. The lowest BCUT2D eigenvalue weighted by molar-refractivity contribution is -0.121. The Balaban J connectivity index is 1.77. The summed E-state index contributed by atoms with van der Waals surface area (Å²) in [5, 5.41) is 12.9. The van der Waals surface area contributed by atoms with Crippen LogP contribution in [0.5, 0.6) is 5.75 Å². The second-order valence-electron chi connectivity index (χ2n) is 5.54. The van der Waals surface area contributed by atoms with Gasteiger partial charge >= 0.3 is 0 Å². The molecule has 0 bridgehead atoms. The normalized spacial score (nSPS) is 12.0. The highest BCUT2D eigenvalue weighted by molar-refractivity contribution is 5.76. The molecule has 124 valence electrons. The predicted octanol–water partition coefficient (Wildman–Crippen LogP) is 2.69. The molecule has 1 heterocycles. The number of carbonyl (C=O) groups excluding carboxylic acids is 1. The van der Waals surface area contributed by atoms with Gasteiger partial charge in [0.1, 0.15) is 17.3 Å². The number of carbonyl (C=O) groups is 1. The SMILES string of the molecule is COc1ccc(CCC(=O)NCC(O)c2cc(C)oc2C)cc1. The molecule has 0 saturated carbocycles. The van der Waals surface area contributed by atoms with Crippen molar-refractivity contribution in [2.45, 2.75) is 32.8 Å². The summed E-state index contributed by atoms with van der Waals surface area (Å²) in [5.41, 5.74) is 1.79. The zero-order chi connectivity index (χ0) is 16.8. The van der Waals surface area contributed by atoms with Gasteiger partial charge in [0.25, 0.3) is 0 Å². The Morgan fingerprint density at radius 1 is 1.30 bits per heavy atom. The Morgan fingerprint density at radius 3 is 2.57 bits per heavy atom. The summed E-state index contributed by atoms with van der Waals surface area (Å²) in [6, 6.07) is 9.43. The van der Waals surface area contributed by atoms with Gasteiger partial charge in [0.2, 0.25) is 5.91 Å². The van der Waals surface area contributed by atoms with E-state index in [0.717, 1.165) is 22.6 Å². The second-order valence-corrected chi connectivity index (χ2v) is 5.54. The molecule has 1 aromatic heterocycles. The van der Waals surface area contributed by atoms with Crippen molar-refractivity contribution in [1.82, 2.24) is 5.32 Å². The summed E-state index contributed by atoms with van der Waals surface area (Å²) >= 11 is 0. The molecular weight excluding hydrogens is 294 g/mol. The summed E-state index contributed by atoms with van der Waals surface area (Å²) in [5.74, 6) is 2.15. The highest BCUT2D eigenvalue weighted by Crippen LogP contribution is 2.21. The Labute approximate surface area is 136 Å². The molecule has 23 heavy (non-hydrogen) atoms. The van der Waals surface area contributed by atoms with E-state index >= 15 is 0 Å². The van der Waals surface area contributed by atoms with Crippen LogP contribution in [0.4, 0.5) is 0 Å². The van der Waals surface area contributed by atoms with Crippen molar-refractivity contribution in [3.05, 3.63) is 53.0 Å². The molecule has 2 aromatic rings. The van der Waals surface area contributed by atoms with E-state index in [9.17, 15) is 9.90 Å². The van der Waals surface area contributed by atoms with E-state index in [1.807, 2.05) is 31.2 Å². The summed E-state index contributed by atoms with van der Waals surface area (Å²) in [7, 11) is 1.62. The molecule has 0 saturated heterocycles. The number of nitrogens with one attached hydrogen (secondary N) is 1. The number of benzene rings is 1. The molecule has 0 aliphatic carbocycles. The maximum Gasteiger partial charge on any atom is 0.220 e. The first kappa shape index (κ1) is 17.1. The highest BCUT2D eigenvalue weighted by Gasteiger charge is 2.15. The number of rotatable bonds is 7. The Hall–Kier alpha value is -2.27. The van der Waals surface area contributed by atoms with Crippen LogP contribution in [0.2, 0.25) is 0 Å². The van der Waals surface area contributed by atoms with Crippen LogP contribution in [0.15, 0.2) is 34.7 Å². The third-order valence-corrected chi connectivity index (χ3v) is 3.73. The molecule has 5 nitrogen and oxygen atoms in total. The zero-order valence-electron chi connectivity index (χ0n) is 13.8. The molecular formula is C18H23NO4. The van der Waals surface area contributed by atoms with Crippen molar-refractivity contribution in [3.63, 3.8) is 0 Å². The summed E-state index contributed by atoms with van der Waals surface area (Å²) in [6.07, 6.45) is 0.274. The average Bonchev–Trinajstić information content (AvgIpc) is 2.89. The maximum atomic E-state index is 11.9. The van der Waals surface area contributed by atoms with Crippen LogP contribution >= 0.6 is 0 Å². The number of aryl methyl sites for hydroxylation is 3. The van der Waals surface area contributed by atoms with Crippen molar-refractivity contribution < 1.29 is 19.1 Å². The topological polar surface area (TPSA) is 71.7 Å². The van der Waals surface area contributed by atoms with E-state index in [0.29, 0.717) is 18.6 Å². The molecule has 0 fully saturated rings. The van der Waals surface area contributed by atoms with E-state index in [2.05, 4.69) is 5.32 Å². The van der Waals surface area contributed by atoms with E-state index in [1.165, 1.54) is 0 Å². The van der Waals surface area contributed by atoms with Gasteiger partial charge in [-0.3, -0.25) is 4.79 Å². The molecule has 0 spiro atoms. The monoisotopic (exact) mass is 317 g/mol. The van der Waals surface area contributed by atoms with E-state index in [4.69, 9.17) is 9.15 Å². The lowest BCUT2D eigenvalue weighted by atomic mass is 10.1. The first-order valence-electron chi connectivity index (χ1n) is 7.64. The lowest BCUT2D eigenvalue weighted by Gasteiger charge is -2.11. The zero-order valence-corrected chi connectivity index (χ0v) is 13.8. The molecule has 1 unspecified atom stereocenters. The van der Waals surface area contributed by atoms with Gasteiger partial charge in [-0.15, -0.1) is 0 Å². The van der Waals surface area contributed by atoms with Gasteiger partial charge < -0.3 is 19.6 Å². The third kappa shape index (κ3) is 4.86. The van der Waals surface area contributed by atoms with Gasteiger partial charge in [-0.1, -0.05) is 12.1 Å². The maximum absolute atomic E-state index is 11.9. The van der Waals surface area contributed by atoms with Crippen molar-refractivity contribution in [1.29, 1.82) is 0 Å². The largest absolute Gasteiger partial charge is 0.497 e. The van der Waals surface area contributed by atoms with Gasteiger partial charge in [0, 0.05) is 18.5 Å². The fourth-order valence-electron chi connectivity index (χ4n) is 2.44. The minimum atomic E-state index is -0.752. The number of aliphatic hydroxyl groups excluding tert-OH is 1. The summed E-state index contributed by atoms with van der Waals surface area (Å²) in [6.45, 7) is 3.81. The molecule has 1 aromatic carbocycles. The van der Waals surface area contributed by atoms with Gasteiger partial charge in [-0.2, -0.15) is 0 Å². The van der Waals surface area contributed by atoms with Crippen molar-refractivity contribution in [3.8, 4) is 5.75 Å². The number of hydrogen-bond acceptors (Lipinski definition) is 4. The fourth-order valence-corrected chi connectivity index (χ4v) is 2.44. The van der Waals surface area contributed by atoms with E-state index < -0.39 is 6.10 Å². The van der Waals surface area contributed by atoms with Crippen molar-refractivity contribution in [2.75, 3.05) is 13.7 Å². The number of amides is 1. The average molecular weight is 317 g/mol. The molecule has 1 amide bonds. The van der Waals surface area contributed by atoms with Crippen LogP contribution in [-0.2, 0) is 11.2 Å². The Morgan fingerprint density at radius 2 is 2.00 bits per heavy atom. The second kappa shape index (κ2) is 7.83. The van der Waals surface area contributed by atoms with Crippen LogP contribution in [0.3, 0.4) is 0 Å².